The van der Waals surface area contributed by atoms with Gasteiger partial charge in [-0.1, -0.05) is 65.7 Å². The zero-order chi connectivity index (χ0) is 36.4. The fraction of sp³-hybridized carbons (Fsp3) is 0.400. The van der Waals surface area contributed by atoms with Crippen LogP contribution in [0.3, 0.4) is 0 Å². The van der Waals surface area contributed by atoms with Gasteiger partial charge in [-0.25, -0.2) is 4.98 Å². The lowest BCUT2D eigenvalue weighted by Crippen LogP contribution is -2.25. The fourth-order valence-corrected chi connectivity index (χ4v) is 8.45. The van der Waals surface area contributed by atoms with Crippen LogP contribution in [0.5, 0.6) is 11.8 Å². The molecular formula is C40H43Cl2N5O5. The number of aromatic nitrogens is 2. The average molecular weight is 745 g/mol. The van der Waals surface area contributed by atoms with Crippen molar-refractivity contribution in [1.82, 2.24) is 20.2 Å². The summed E-state index contributed by atoms with van der Waals surface area (Å²) in [6, 6.07) is 18.5. The standard InChI is InChI=1S/C40H43Cl2N5O5/c1-51-38-23(6-3-7-26-13-17-35(48)43-26)12-15-34(45-38)31-11-5-10-30(36(31)42)27-8-4-9-29-28(27)14-16-33(29)44-37-32(41)20-25(39(46-37)52-2)22-47-19-18-24(21-47)40(49)50/h4-5,8-12,15,20,24,26,33H,3,6-7,13-14,16-19,21-22H2,1-2H3,(H,43,48)(H,44,46)(H,49,50)/t24-,26-,33+/m1/s1. The lowest BCUT2D eigenvalue weighted by atomic mass is 9.94. The third-order valence-electron chi connectivity index (χ3n) is 10.6. The smallest absolute Gasteiger partial charge is 0.307 e. The Morgan fingerprint density at radius 1 is 0.962 bits per heavy atom. The second-order valence-corrected chi connectivity index (χ2v) is 14.7. The Morgan fingerprint density at radius 2 is 1.73 bits per heavy atom. The van der Waals surface area contributed by atoms with E-state index in [-0.39, 0.29) is 23.9 Å². The molecule has 3 N–H and O–H groups in total. The number of ether oxygens (including phenoxy) is 2. The molecule has 52 heavy (non-hydrogen) atoms. The normalized spacial score (nSPS) is 19.8. The van der Waals surface area contributed by atoms with Gasteiger partial charge in [-0.2, -0.15) is 4.98 Å². The van der Waals surface area contributed by atoms with Gasteiger partial charge in [0.15, 0.2) is 0 Å². The molecule has 3 aliphatic rings. The number of nitrogens with zero attached hydrogens (tertiary/aromatic N) is 3. The third-order valence-corrected chi connectivity index (χ3v) is 11.3. The minimum absolute atomic E-state index is 0.0178. The molecule has 2 aromatic heterocycles. The van der Waals surface area contributed by atoms with Crippen molar-refractivity contribution in [3.8, 4) is 34.1 Å². The van der Waals surface area contributed by atoms with Crippen molar-refractivity contribution in [2.45, 2.75) is 70.0 Å². The van der Waals surface area contributed by atoms with Crippen molar-refractivity contribution in [3.05, 3.63) is 86.9 Å². The van der Waals surface area contributed by atoms with Crippen LogP contribution in [0, 0.1) is 5.92 Å². The van der Waals surface area contributed by atoms with Crippen LogP contribution in [0.2, 0.25) is 10.0 Å². The zero-order valence-electron chi connectivity index (χ0n) is 29.4. The summed E-state index contributed by atoms with van der Waals surface area (Å²) in [7, 11) is 3.23. The van der Waals surface area contributed by atoms with Gasteiger partial charge in [0.1, 0.15) is 5.82 Å². The van der Waals surface area contributed by atoms with E-state index in [1.165, 1.54) is 5.56 Å². The van der Waals surface area contributed by atoms with Crippen LogP contribution in [0.1, 0.15) is 66.8 Å². The number of carboxylic acids is 1. The molecule has 0 bridgehead atoms. The van der Waals surface area contributed by atoms with Crippen molar-refractivity contribution in [3.63, 3.8) is 0 Å². The van der Waals surface area contributed by atoms with Gasteiger partial charge in [0.05, 0.1) is 41.9 Å². The van der Waals surface area contributed by atoms with Gasteiger partial charge < -0.3 is 25.2 Å². The molecule has 12 heteroatoms. The molecule has 10 nitrogen and oxygen atoms in total. The molecule has 1 amide bonds. The maximum absolute atomic E-state index is 11.6. The van der Waals surface area contributed by atoms with E-state index in [1.54, 1.807) is 14.2 Å². The number of amides is 1. The summed E-state index contributed by atoms with van der Waals surface area (Å²) in [6.07, 6.45) is 6.52. The van der Waals surface area contributed by atoms with Gasteiger partial charge >= 0.3 is 5.97 Å². The van der Waals surface area contributed by atoms with E-state index < -0.39 is 5.97 Å². The Morgan fingerprint density at radius 3 is 2.48 bits per heavy atom. The van der Waals surface area contributed by atoms with Gasteiger partial charge in [-0.05, 0) is 80.3 Å². The number of likely N-dealkylation sites (tertiary alicyclic amines) is 1. The number of carboxylic acid groups (broad SMARTS) is 1. The van der Waals surface area contributed by atoms with Crippen LogP contribution in [0.15, 0.2) is 54.6 Å². The van der Waals surface area contributed by atoms with E-state index >= 15 is 0 Å². The Hall–Kier alpha value is -4.38. The molecular weight excluding hydrogens is 701 g/mol. The Balaban J connectivity index is 1.08. The average Bonchev–Trinajstić information content (AvgIpc) is 3.90. The molecule has 2 saturated heterocycles. The lowest BCUT2D eigenvalue weighted by molar-refractivity contribution is -0.141. The van der Waals surface area contributed by atoms with Crippen molar-refractivity contribution >= 4 is 40.9 Å². The van der Waals surface area contributed by atoms with Crippen molar-refractivity contribution in [2.75, 3.05) is 32.6 Å². The van der Waals surface area contributed by atoms with Gasteiger partial charge in [-0.3, -0.25) is 14.5 Å². The number of methoxy groups -OCH3 is 2. The molecule has 0 spiro atoms. The van der Waals surface area contributed by atoms with Gasteiger partial charge in [0.25, 0.3) is 0 Å². The van der Waals surface area contributed by atoms with E-state index in [2.05, 4.69) is 45.9 Å². The number of anilines is 1. The van der Waals surface area contributed by atoms with E-state index in [0.29, 0.717) is 60.1 Å². The van der Waals surface area contributed by atoms with Gasteiger partial charge in [0.2, 0.25) is 17.7 Å². The highest BCUT2D eigenvalue weighted by Gasteiger charge is 2.30. The number of halogens is 2. The van der Waals surface area contributed by atoms with Crippen molar-refractivity contribution < 1.29 is 24.2 Å². The van der Waals surface area contributed by atoms with Crippen molar-refractivity contribution in [2.24, 2.45) is 5.92 Å². The van der Waals surface area contributed by atoms with Gasteiger partial charge in [0, 0.05) is 47.8 Å². The molecule has 4 aromatic rings. The summed E-state index contributed by atoms with van der Waals surface area (Å²) in [4.78, 5) is 34.7. The molecule has 272 valence electrons. The number of nitrogens with one attached hydrogen (secondary N) is 2. The number of aryl methyl sites for hydroxylation is 1. The van der Waals surface area contributed by atoms with Crippen LogP contribution in [0.25, 0.3) is 22.4 Å². The van der Waals surface area contributed by atoms with E-state index in [0.717, 1.165) is 77.6 Å². The second kappa shape index (κ2) is 15.7. The van der Waals surface area contributed by atoms with Crippen LogP contribution in [-0.2, 0) is 29.0 Å². The van der Waals surface area contributed by atoms with Crippen LogP contribution < -0.4 is 20.1 Å². The summed E-state index contributed by atoms with van der Waals surface area (Å²) in [6.45, 7) is 1.71. The fourth-order valence-electron chi connectivity index (χ4n) is 7.90. The Bertz CT molecular complexity index is 1990. The van der Waals surface area contributed by atoms with E-state index in [4.69, 9.17) is 42.6 Å². The first kappa shape index (κ1) is 36.0. The number of hydrogen-bond donors (Lipinski definition) is 3. The minimum atomic E-state index is -0.761. The summed E-state index contributed by atoms with van der Waals surface area (Å²) in [5.74, 6) is 0.625. The molecule has 2 aromatic carbocycles. The first-order valence-electron chi connectivity index (χ1n) is 17.9. The molecule has 2 aliphatic heterocycles. The molecule has 7 rings (SSSR count). The number of carbonyl (C=O) groups excluding carboxylic acids is 1. The number of fused-ring (bicyclic) bond motifs is 1. The quantitative estimate of drug-likeness (QED) is 0.126. The first-order chi connectivity index (χ1) is 25.2. The maximum Gasteiger partial charge on any atom is 0.307 e. The number of benzene rings is 2. The molecule has 2 fully saturated rings. The second-order valence-electron chi connectivity index (χ2n) is 13.9. The Labute approximate surface area is 313 Å². The topological polar surface area (TPSA) is 126 Å². The molecule has 4 heterocycles. The van der Waals surface area contributed by atoms with Crippen LogP contribution in [-0.4, -0.2) is 65.2 Å². The number of aliphatic carboxylic acids is 1. The molecule has 0 saturated carbocycles. The third kappa shape index (κ3) is 7.56. The molecule has 1 aliphatic carbocycles. The lowest BCUT2D eigenvalue weighted by Gasteiger charge is -2.20. The SMILES string of the molecule is COc1nc(-c2cccc(-c3cccc4c3CC[C@@H]4Nc3nc(OC)c(CN4CC[C@@H](C(=O)O)C4)cc3Cl)c2Cl)ccc1CCC[C@@H]1CCC(=O)N1. The predicted molar refractivity (Wildman–Crippen MR) is 202 cm³/mol. The van der Waals surface area contributed by atoms with Gasteiger partial charge in [-0.15, -0.1) is 0 Å². The summed E-state index contributed by atoms with van der Waals surface area (Å²) in [5.41, 5.74) is 7.83. The van der Waals surface area contributed by atoms with E-state index in [1.807, 2.05) is 24.3 Å². The van der Waals surface area contributed by atoms with E-state index in [9.17, 15) is 14.7 Å². The highest BCUT2D eigenvalue weighted by molar-refractivity contribution is 6.36. The summed E-state index contributed by atoms with van der Waals surface area (Å²) in [5, 5.41) is 17.1. The zero-order valence-corrected chi connectivity index (χ0v) is 30.9. The highest BCUT2D eigenvalue weighted by atomic mass is 35.5. The number of hydrogen-bond acceptors (Lipinski definition) is 8. The van der Waals surface area contributed by atoms with Crippen LogP contribution in [0.4, 0.5) is 5.82 Å². The van der Waals surface area contributed by atoms with Crippen LogP contribution >= 0.6 is 23.2 Å². The number of carbonyl (C=O) groups is 2. The minimum Gasteiger partial charge on any atom is -0.481 e. The maximum atomic E-state index is 11.6. The summed E-state index contributed by atoms with van der Waals surface area (Å²) >= 11 is 14.0. The van der Waals surface area contributed by atoms with Crippen molar-refractivity contribution in [1.29, 1.82) is 0 Å². The summed E-state index contributed by atoms with van der Waals surface area (Å²) < 4.78 is 11.4. The first-order valence-corrected chi connectivity index (χ1v) is 18.7. The molecule has 0 radical (unpaired) electrons. The largest absolute Gasteiger partial charge is 0.481 e. The molecule has 3 atom stereocenters. The molecule has 0 unspecified atom stereocenters. The highest BCUT2D eigenvalue weighted by Crippen LogP contribution is 2.44. The number of pyridine rings is 2. The predicted octanol–water partition coefficient (Wildman–Crippen LogP) is 7.74. The monoisotopic (exact) mass is 743 g/mol. The number of rotatable bonds is 13. The Kier molecular flexibility index (Phi) is 10.9.